The van der Waals surface area contributed by atoms with Gasteiger partial charge in [-0.3, -0.25) is 0 Å². The summed E-state index contributed by atoms with van der Waals surface area (Å²) in [7, 11) is 0. The predicted molar refractivity (Wildman–Crippen MR) is 90.3 cm³/mol. The number of halogens is 2. The second-order valence-corrected chi connectivity index (χ2v) is 5.41. The predicted octanol–water partition coefficient (Wildman–Crippen LogP) is 3.71. The van der Waals surface area contributed by atoms with Gasteiger partial charge in [0.25, 0.3) is 0 Å². The number of fused-ring (bicyclic) bond motifs is 1. The summed E-state index contributed by atoms with van der Waals surface area (Å²) in [5, 5.41) is 7.93. The first-order chi connectivity index (χ1) is 12.2. The number of benzene rings is 2. The zero-order chi connectivity index (χ0) is 17.2. The lowest BCUT2D eigenvalue weighted by molar-refractivity contribution is 0.612. The molecule has 5 nitrogen and oxygen atoms in total. The van der Waals surface area contributed by atoms with Crippen molar-refractivity contribution in [3.63, 3.8) is 0 Å². The molecule has 0 spiro atoms. The fourth-order valence-electron chi connectivity index (χ4n) is 2.61. The van der Waals surface area contributed by atoms with E-state index < -0.39 is 5.82 Å². The Morgan fingerprint density at radius 2 is 1.68 bits per heavy atom. The van der Waals surface area contributed by atoms with Crippen molar-refractivity contribution in [2.75, 3.05) is 5.32 Å². The lowest BCUT2D eigenvalue weighted by Gasteiger charge is -2.08. The van der Waals surface area contributed by atoms with Crippen molar-refractivity contribution in [3.05, 3.63) is 78.3 Å². The summed E-state index contributed by atoms with van der Waals surface area (Å²) >= 11 is 0. The fourth-order valence-corrected chi connectivity index (χ4v) is 2.61. The summed E-state index contributed by atoms with van der Waals surface area (Å²) in [6, 6.07) is 12.8. The van der Waals surface area contributed by atoms with Gasteiger partial charge in [0.15, 0.2) is 5.65 Å². The molecule has 0 unspecified atom stereocenters. The molecule has 7 heteroatoms. The summed E-state index contributed by atoms with van der Waals surface area (Å²) in [6.07, 6.45) is 2.93. The first kappa shape index (κ1) is 15.2. The summed E-state index contributed by atoms with van der Waals surface area (Å²) < 4.78 is 29.2. The van der Waals surface area contributed by atoms with Crippen LogP contribution in [-0.4, -0.2) is 19.7 Å². The van der Waals surface area contributed by atoms with Crippen LogP contribution in [-0.2, 0) is 6.54 Å². The van der Waals surface area contributed by atoms with Crippen LogP contribution in [0.25, 0.3) is 16.7 Å². The van der Waals surface area contributed by atoms with Crippen LogP contribution in [0.2, 0.25) is 0 Å². The Kier molecular flexibility index (Phi) is 3.81. The first-order valence-electron chi connectivity index (χ1n) is 7.65. The van der Waals surface area contributed by atoms with Gasteiger partial charge < -0.3 is 5.32 Å². The normalized spacial score (nSPS) is 11.0. The molecule has 0 aliphatic carbocycles. The molecular formula is C18H13F2N5. The molecule has 4 aromatic rings. The molecule has 0 aliphatic rings. The molecule has 2 aromatic carbocycles. The third kappa shape index (κ3) is 2.80. The topological polar surface area (TPSA) is 55.6 Å². The zero-order valence-corrected chi connectivity index (χ0v) is 13.0. The van der Waals surface area contributed by atoms with Gasteiger partial charge >= 0.3 is 0 Å². The lowest BCUT2D eigenvalue weighted by atomic mass is 10.2. The number of aromatic nitrogens is 4. The van der Waals surface area contributed by atoms with Crippen LogP contribution >= 0.6 is 0 Å². The number of rotatable bonds is 4. The van der Waals surface area contributed by atoms with Crippen LogP contribution in [0, 0.1) is 11.6 Å². The molecule has 4 rings (SSSR count). The Bertz CT molecular complexity index is 1040. The van der Waals surface area contributed by atoms with Gasteiger partial charge in [-0.15, -0.1) is 0 Å². The van der Waals surface area contributed by atoms with E-state index in [1.807, 2.05) is 0 Å². The molecule has 0 bridgehead atoms. The number of anilines is 1. The highest BCUT2D eigenvalue weighted by atomic mass is 19.1. The van der Waals surface area contributed by atoms with Crippen molar-refractivity contribution in [1.29, 1.82) is 0 Å². The molecule has 0 atom stereocenters. The molecular weight excluding hydrogens is 324 g/mol. The van der Waals surface area contributed by atoms with E-state index in [1.54, 1.807) is 42.6 Å². The maximum atomic E-state index is 14.0. The largest absolute Gasteiger partial charge is 0.365 e. The summed E-state index contributed by atoms with van der Waals surface area (Å²) in [4.78, 5) is 8.39. The van der Waals surface area contributed by atoms with Gasteiger partial charge in [-0.05, 0) is 18.2 Å². The van der Waals surface area contributed by atoms with Gasteiger partial charge in [0, 0.05) is 12.1 Å². The van der Waals surface area contributed by atoms with Crippen molar-refractivity contribution in [2.45, 2.75) is 6.54 Å². The van der Waals surface area contributed by atoms with Crippen LogP contribution in [0.5, 0.6) is 0 Å². The van der Waals surface area contributed by atoms with Crippen LogP contribution in [0.1, 0.15) is 5.56 Å². The van der Waals surface area contributed by atoms with E-state index in [4.69, 9.17) is 0 Å². The highest BCUT2D eigenvalue weighted by Gasteiger charge is 2.13. The van der Waals surface area contributed by atoms with Crippen molar-refractivity contribution in [2.24, 2.45) is 0 Å². The van der Waals surface area contributed by atoms with Crippen LogP contribution in [0.15, 0.2) is 61.1 Å². The van der Waals surface area contributed by atoms with Crippen molar-refractivity contribution in [1.82, 2.24) is 19.7 Å². The SMILES string of the molecule is Fc1ccccc1CNc1ncnc2c1cnn2-c1ccccc1F. The van der Waals surface area contributed by atoms with E-state index in [-0.39, 0.29) is 12.4 Å². The third-order valence-electron chi connectivity index (χ3n) is 3.85. The maximum absolute atomic E-state index is 14.0. The Hall–Kier alpha value is -3.35. The Morgan fingerprint density at radius 1 is 0.920 bits per heavy atom. The molecule has 124 valence electrons. The minimum absolute atomic E-state index is 0.268. The van der Waals surface area contributed by atoms with E-state index in [9.17, 15) is 8.78 Å². The summed E-state index contributed by atoms with van der Waals surface area (Å²) in [6.45, 7) is 0.268. The molecule has 25 heavy (non-hydrogen) atoms. The summed E-state index contributed by atoms with van der Waals surface area (Å²) in [5.41, 5.74) is 1.29. The second-order valence-electron chi connectivity index (χ2n) is 5.41. The van der Waals surface area contributed by atoms with Gasteiger partial charge in [0.2, 0.25) is 0 Å². The van der Waals surface area contributed by atoms with Gasteiger partial charge in [-0.2, -0.15) is 5.10 Å². The standard InChI is InChI=1S/C18H13F2N5/c19-14-6-2-1-5-12(14)9-21-17-13-10-24-25(18(13)23-11-22-17)16-8-4-3-7-15(16)20/h1-8,10-11H,9H2,(H,21,22,23). The number of nitrogens with zero attached hydrogens (tertiary/aromatic N) is 4. The fraction of sp³-hybridized carbons (Fsp3) is 0.0556. The van der Waals surface area contributed by atoms with E-state index in [0.29, 0.717) is 28.1 Å². The molecule has 1 N–H and O–H groups in total. The average Bonchev–Trinajstić information content (AvgIpc) is 3.06. The van der Waals surface area contributed by atoms with E-state index in [0.717, 1.165) is 0 Å². The molecule has 0 saturated heterocycles. The van der Waals surface area contributed by atoms with E-state index in [1.165, 1.54) is 23.1 Å². The smallest absolute Gasteiger partial charge is 0.168 e. The number of hydrogen-bond acceptors (Lipinski definition) is 4. The molecule has 0 radical (unpaired) electrons. The van der Waals surface area contributed by atoms with E-state index in [2.05, 4.69) is 20.4 Å². The Labute approximate surface area is 142 Å². The molecule has 0 amide bonds. The molecule has 0 fully saturated rings. The average molecular weight is 337 g/mol. The lowest BCUT2D eigenvalue weighted by Crippen LogP contribution is -2.05. The second kappa shape index (κ2) is 6.27. The summed E-state index contributed by atoms with van der Waals surface area (Å²) in [5.74, 6) is -0.176. The third-order valence-corrected chi connectivity index (χ3v) is 3.85. The minimum Gasteiger partial charge on any atom is -0.365 e. The van der Waals surface area contributed by atoms with E-state index >= 15 is 0 Å². The Balaban J connectivity index is 1.70. The molecule has 0 aliphatic heterocycles. The first-order valence-corrected chi connectivity index (χ1v) is 7.65. The number of nitrogens with one attached hydrogen (secondary N) is 1. The quantitative estimate of drug-likeness (QED) is 0.617. The monoisotopic (exact) mass is 337 g/mol. The van der Waals surface area contributed by atoms with Crippen molar-refractivity contribution < 1.29 is 8.78 Å². The maximum Gasteiger partial charge on any atom is 0.168 e. The highest BCUT2D eigenvalue weighted by Crippen LogP contribution is 2.23. The minimum atomic E-state index is -0.396. The highest BCUT2D eigenvalue weighted by molar-refractivity contribution is 5.87. The molecule has 2 heterocycles. The van der Waals surface area contributed by atoms with Gasteiger partial charge in [0.05, 0.1) is 11.6 Å². The Morgan fingerprint density at radius 3 is 2.48 bits per heavy atom. The molecule has 2 aromatic heterocycles. The van der Waals surface area contributed by atoms with Crippen molar-refractivity contribution in [3.8, 4) is 5.69 Å². The number of para-hydroxylation sites is 1. The van der Waals surface area contributed by atoms with Crippen LogP contribution in [0.4, 0.5) is 14.6 Å². The molecule has 0 saturated carbocycles. The zero-order valence-electron chi connectivity index (χ0n) is 13.0. The van der Waals surface area contributed by atoms with Gasteiger partial charge in [0.1, 0.15) is 29.5 Å². The van der Waals surface area contributed by atoms with Gasteiger partial charge in [-0.25, -0.2) is 23.4 Å². The van der Waals surface area contributed by atoms with Crippen molar-refractivity contribution >= 4 is 16.9 Å². The van der Waals surface area contributed by atoms with Crippen LogP contribution < -0.4 is 5.32 Å². The van der Waals surface area contributed by atoms with Gasteiger partial charge in [-0.1, -0.05) is 30.3 Å². The number of hydrogen-bond donors (Lipinski definition) is 1. The van der Waals surface area contributed by atoms with Crippen LogP contribution in [0.3, 0.4) is 0 Å².